The predicted molar refractivity (Wildman–Crippen MR) is 113 cm³/mol. The van der Waals surface area contributed by atoms with Crippen LogP contribution in [0.4, 0.5) is 5.69 Å². The number of nitrogens with zero attached hydrogens (tertiary/aromatic N) is 2. The monoisotopic (exact) mass is 425 g/mol. The van der Waals surface area contributed by atoms with Crippen molar-refractivity contribution in [2.24, 2.45) is 0 Å². The third-order valence-corrected chi connectivity index (χ3v) is 4.13. The summed E-state index contributed by atoms with van der Waals surface area (Å²) in [5.41, 5.74) is 1.27. The zero-order chi connectivity index (χ0) is 21.5. The number of ether oxygens (including phenoxy) is 2. The number of aromatic nitrogens is 2. The summed E-state index contributed by atoms with van der Waals surface area (Å²) in [5, 5.41) is 3.36. The molecule has 3 aromatic rings. The van der Waals surface area contributed by atoms with E-state index in [0.29, 0.717) is 23.1 Å². The highest BCUT2D eigenvalue weighted by molar-refractivity contribution is 6.30. The molecular weight excluding hydrogens is 406 g/mol. The Hall–Kier alpha value is -3.45. The van der Waals surface area contributed by atoms with Gasteiger partial charge in [-0.15, -0.1) is 0 Å². The average Bonchev–Trinajstić information content (AvgIpc) is 2.74. The normalized spacial score (nSPS) is 10.5. The Morgan fingerprint density at radius 2 is 1.60 bits per heavy atom. The summed E-state index contributed by atoms with van der Waals surface area (Å²) in [7, 11) is 0. The van der Waals surface area contributed by atoms with Crippen molar-refractivity contribution >= 4 is 29.2 Å². The Bertz CT molecular complexity index is 1020. The zero-order valence-electron chi connectivity index (χ0n) is 16.5. The minimum Gasteiger partial charge on any atom is -0.489 e. The number of benzene rings is 2. The molecule has 30 heavy (non-hydrogen) atoms. The summed E-state index contributed by atoms with van der Waals surface area (Å²) in [6.07, 6.45) is 2.34. The van der Waals surface area contributed by atoms with Crippen molar-refractivity contribution in [2.45, 2.75) is 26.6 Å². The topological polar surface area (TPSA) is 90.4 Å². The first-order valence-corrected chi connectivity index (χ1v) is 9.61. The molecule has 1 amide bonds. The molecule has 1 N–H and O–H groups in total. The van der Waals surface area contributed by atoms with Crippen molar-refractivity contribution in [1.82, 2.24) is 9.97 Å². The van der Waals surface area contributed by atoms with Crippen LogP contribution in [0.2, 0.25) is 5.02 Å². The average molecular weight is 426 g/mol. The molecule has 3 rings (SSSR count). The van der Waals surface area contributed by atoms with Crippen LogP contribution in [0.1, 0.15) is 40.4 Å². The molecule has 0 aliphatic rings. The van der Waals surface area contributed by atoms with Crippen LogP contribution >= 0.6 is 11.6 Å². The van der Waals surface area contributed by atoms with Crippen LogP contribution in [0.5, 0.6) is 5.75 Å². The van der Waals surface area contributed by atoms with Crippen molar-refractivity contribution in [3.05, 3.63) is 82.9 Å². The molecule has 0 saturated carbocycles. The lowest BCUT2D eigenvalue weighted by atomic mass is 10.2. The van der Waals surface area contributed by atoms with Gasteiger partial charge in [0.2, 0.25) is 0 Å². The van der Waals surface area contributed by atoms with Crippen LogP contribution in [-0.4, -0.2) is 27.9 Å². The molecule has 7 nitrogen and oxygen atoms in total. The Kier molecular flexibility index (Phi) is 6.98. The van der Waals surface area contributed by atoms with Gasteiger partial charge in [-0.2, -0.15) is 0 Å². The van der Waals surface area contributed by atoms with E-state index in [1.807, 2.05) is 12.1 Å². The number of carbonyl (C=O) groups is 2. The second-order valence-corrected chi connectivity index (χ2v) is 7.04. The quantitative estimate of drug-likeness (QED) is 0.559. The summed E-state index contributed by atoms with van der Waals surface area (Å²) in [5.74, 6) is -0.619. The van der Waals surface area contributed by atoms with E-state index in [1.54, 1.807) is 50.2 Å². The predicted octanol–water partition coefficient (Wildman–Crippen LogP) is 4.53. The summed E-state index contributed by atoms with van der Waals surface area (Å²) >= 11 is 5.87. The van der Waals surface area contributed by atoms with Gasteiger partial charge in [-0.1, -0.05) is 23.7 Å². The van der Waals surface area contributed by atoms with Crippen molar-refractivity contribution in [3.63, 3.8) is 0 Å². The van der Waals surface area contributed by atoms with Gasteiger partial charge in [0, 0.05) is 23.1 Å². The zero-order valence-corrected chi connectivity index (χ0v) is 17.2. The van der Waals surface area contributed by atoms with Gasteiger partial charge in [0.15, 0.2) is 11.4 Å². The lowest BCUT2D eigenvalue weighted by Crippen LogP contribution is -2.22. The van der Waals surface area contributed by atoms with Crippen LogP contribution in [0.15, 0.2) is 60.9 Å². The van der Waals surface area contributed by atoms with Crippen LogP contribution in [0, 0.1) is 0 Å². The Labute approximate surface area is 179 Å². The van der Waals surface area contributed by atoms with Crippen molar-refractivity contribution < 1.29 is 19.1 Å². The van der Waals surface area contributed by atoms with E-state index in [4.69, 9.17) is 21.1 Å². The third kappa shape index (κ3) is 5.78. The van der Waals surface area contributed by atoms with Crippen LogP contribution < -0.4 is 10.1 Å². The summed E-state index contributed by atoms with van der Waals surface area (Å²) in [4.78, 5) is 32.7. The Morgan fingerprint density at radius 1 is 0.967 bits per heavy atom. The molecule has 0 aliphatic heterocycles. The van der Waals surface area contributed by atoms with Gasteiger partial charge in [0.25, 0.3) is 5.91 Å². The number of amides is 1. The molecule has 0 aliphatic carbocycles. The number of halogens is 1. The van der Waals surface area contributed by atoms with Gasteiger partial charge in [-0.25, -0.2) is 14.8 Å². The van der Waals surface area contributed by atoms with Crippen LogP contribution in [0.25, 0.3) is 0 Å². The molecular formula is C22H20ClN3O4. The standard InChI is InChI=1S/C22H20ClN3O4/c1-14(2)30-22(28)20-19(24-11-12-25-20)21(27)26-17-7-9-18(10-8-17)29-13-15-3-5-16(23)6-4-15/h3-12,14H,13H2,1-2H3,(H,26,27). The smallest absolute Gasteiger partial charge is 0.359 e. The highest BCUT2D eigenvalue weighted by Crippen LogP contribution is 2.19. The van der Waals surface area contributed by atoms with Crippen molar-refractivity contribution in [1.29, 1.82) is 0 Å². The van der Waals surface area contributed by atoms with E-state index in [9.17, 15) is 9.59 Å². The molecule has 0 radical (unpaired) electrons. The van der Waals surface area contributed by atoms with Gasteiger partial charge in [0.05, 0.1) is 6.10 Å². The number of esters is 1. The molecule has 2 aromatic carbocycles. The SMILES string of the molecule is CC(C)OC(=O)c1nccnc1C(=O)Nc1ccc(OCc2ccc(Cl)cc2)cc1. The molecule has 0 saturated heterocycles. The van der Waals surface area contributed by atoms with Crippen molar-refractivity contribution in [3.8, 4) is 5.75 Å². The Balaban J connectivity index is 1.63. The number of hydrogen-bond donors (Lipinski definition) is 1. The van der Waals surface area contributed by atoms with Gasteiger partial charge >= 0.3 is 5.97 Å². The largest absolute Gasteiger partial charge is 0.489 e. The van der Waals surface area contributed by atoms with Crippen LogP contribution in [-0.2, 0) is 11.3 Å². The lowest BCUT2D eigenvalue weighted by molar-refractivity contribution is 0.0367. The molecule has 1 heterocycles. The minimum absolute atomic E-state index is 0.105. The summed E-state index contributed by atoms with van der Waals surface area (Å²) < 4.78 is 10.8. The van der Waals surface area contributed by atoms with Crippen LogP contribution in [0.3, 0.4) is 0 Å². The maximum absolute atomic E-state index is 12.6. The molecule has 0 unspecified atom stereocenters. The fourth-order valence-electron chi connectivity index (χ4n) is 2.50. The highest BCUT2D eigenvalue weighted by Gasteiger charge is 2.22. The lowest BCUT2D eigenvalue weighted by Gasteiger charge is -2.11. The highest BCUT2D eigenvalue weighted by atomic mass is 35.5. The van der Waals surface area contributed by atoms with E-state index in [-0.39, 0.29) is 17.5 Å². The first-order valence-electron chi connectivity index (χ1n) is 9.23. The summed E-state index contributed by atoms with van der Waals surface area (Å²) in [6.45, 7) is 3.82. The molecule has 0 spiro atoms. The molecule has 1 aromatic heterocycles. The van der Waals surface area contributed by atoms with Crippen molar-refractivity contribution in [2.75, 3.05) is 5.32 Å². The molecule has 0 atom stereocenters. The molecule has 0 bridgehead atoms. The second-order valence-electron chi connectivity index (χ2n) is 6.60. The number of rotatable bonds is 7. The van der Waals surface area contributed by atoms with E-state index in [0.717, 1.165) is 5.56 Å². The maximum Gasteiger partial charge on any atom is 0.359 e. The molecule has 0 fully saturated rings. The first-order chi connectivity index (χ1) is 14.4. The fourth-order valence-corrected chi connectivity index (χ4v) is 2.62. The first kappa shape index (κ1) is 21.3. The third-order valence-electron chi connectivity index (χ3n) is 3.88. The van der Waals surface area contributed by atoms with Gasteiger partial charge < -0.3 is 14.8 Å². The van der Waals surface area contributed by atoms with E-state index in [2.05, 4.69) is 15.3 Å². The minimum atomic E-state index is -0.700. The van der Waals surface area contributed by atoms with E-state index in [1.165, 1.54) is 12.4 Å². The van der Waals surface area contributed by atoms with Gasteiger partial charge in [0.1, 0.15) is 12.4 Å². The number of anilines is 1. The maximum atomic E-state index is 12.6. The Morgan fingerprint density at radius 3 is 2.23 bits per heavy atom. The van der Waals surface area contributed by atoms with E-state index >= 15 is 0 Å². The fraction of sp³-hybridized carbons (Fsp3) is 0.182. The second kappa shape index (κ2) is 9.84. The number of hydrogen-bond acceptors (Lipinski definition) is 6. The molecule has 154 valence electrons. The van der Waals surface area contributed by atoms with E-state index < -0.39 is 11.9 Å². The number of carbonyl (C=O) groups excluding carboxylic acids is 2. The van der Waals surface area contributed by atoms with Gasteiger partial charge in [-0.05, 0) is 55.8 Å². The molecule has 8 heteroatoms. The van der Waals surface area contributed by atoms with Gasteiger partial charge in [-0.3, -0.25) is 4.79 Å². The summed E-state index contributed by atoms with van der Waals surface area (Å²) in [6, 6.07) is 14.2. The number of nitrogens with one attached hydrogen (secondary N) is 1.